The molecule has 0 saturated carbocycles. The smallest absolute Gasteiger partial charge is 0.238 e. The van der Waals surface area contributed by atoms with Gasteiger partial charge in [0, 0.05) is 44.1 Å². The molecule has 1 amide bonds. The quantitative estimate of drug-likeness (QED) is 0.817. The number of nitrogens with zero attached hydrogens (tertiary/aromatic N) is 3. The predicted octanol–water partition coefficient (Wildman–Crippen LogP) is 3.43. The van der Waals surface area contributed by atoms with Crippen LogP contribution < -0.4 is 10.2 Å². The summed E-state index contributed by atoms with van der Waals surface area (Å²) in [5.41, 5.74) is 3.48. The van der Waals surface area contributed by atoms with Gasteiger partial charge in [0.25, 0.3) is 0 Å². The normalized spacial score (nSPS) is 18.6. The van der Waals surface area contributed by atoms with Gasteiger partial charge in [0.05, 0.1) is 6.54 Å². The molecule has 4 rings (SSSR count). The number of likely N-dealkylation sites (tertiary alicyclic amines) is 1. The minimum Gasteiger partial charge on any atom is -0.369 e. The largest absolute Gasteiger partial charge is 0.369 e. The maximum absolute atomic E-state index is 12.5. The molecule has 0 bridgehead atoms. The van der Waals surface area contributed by atoms with E-state index in [1.54, 1.807) is 0 Å². The molecule has 0 aromatic heterocycles. The first-order chi connectivity index (χ1) is 14.3. The Balaban J connectivity index is 1.20. The van der Waals surface area contributed by atoms with Gasteiger partial charge in [0.1, 0.15) is 0 Å². The number of benzene rings is 2. The fourth-order valence-electron chi connectivity index (χ4n) is 4.28. The van der Waals surface area contributed by atoms with Gasteiger partial charge in [-0.15, -0.1) is 0 Å². The minimum atomic E-state index is 0.0712. The molecule has 2 saturated heterocycles. The van der Waals surface area contributed by atoms with Crippen LogP contribution in [0.1, 0.15) is 24.8 Å². The van der Waals surface area contributed by atoms with E-state index >= 15 is 0 Å². The van der Waals surface area contributed by atoms with E-state index in [-0.39, 0.29) is 5.91 Å². The van der Waals surface area contributed by atoms with Crippen LogP contribution in [0.5, 0.6) is 0 Å². The highest BCUT2D eigenvalue weighted by atomic mass is 16.2. The Kier molecular flexibility index (Phi) is 6.80. The second-order valence-corrected chi connectivity index (χ2v) is 8.18. The standard InChI is InChI=1S/C24H32N4O/c29-24(20-27-15-17-28(18-16-27)23-7-3-1-4-8-23)25-22-11-9-21(10-12-22)19-26-13-5-2-6-14-26/h1,3-4,7-12H,2,5-6,13-20H2,(H,25,29). The van der Waals surface area contributed by atoms with Crippen molar-refractivity contribution in [2.24, 2.45) is 0 Å². The molecule has 0 spiro atoms. The molecule has 154 valence electrons. The number of nitrogens with one attached hydrogen (secondary N) is 1. The van der Waals surface area contributed by atoms with Crippen LogP contribution >= 0.6 is 0 Å². The summed E-state index contributed by atoms with van der Waals surface area (Å²) in [6, 6.07) is 18.8. The Bertz CT molecular complexity index is 763. The summed E-state index contributed by atoms with van der Waals surface area (Å²) in [4.78, 5) is 19.6. The molecule has 2 heterocycles. The first-order valence-electron chi connectivity index (χ1n) is 10.9. The predicted molar refractivity (Wildman–Crippen MR) is 119 cm³/mol. The summed E-state index contributed by atoms with van der Waals surface area (Å²) < 4.78 is 0. The van der Waals surface area contributed by atoms with Crippen molar-refractivity contribution in [2.75, 3.05) is 56.0 Å². The van der Waals surface area contributed by atoms with Crippen LogP contribution in [0.15, 0.2) is 54.6 Å². The average Bonchev–Trinajstić information content (AvgIpc) is 2.77. The van der Waals surface area contributed by atoms with E-state index in [1.807, 2.05) is 18.2 Å². The lowest BCUT2D eigenvalue weighted by Gasteiger charge is -2.35. The first-order valence-corrected chi connectivity index (χ1v) is 10.9. The van der Waals surface area contributed by atoms with E-state index in [0.29, 0.717) is 6.54 Å². The zero-order valence-electron chi connectivity index (χ0n) is 17.2. The van der Waals surface area contributed by atoms with Gasteiger partial charge in [-0.25, -0.2) is 0 Å². The van der Waals surface area contributed by atoms with Crippen molar-refractivity contribution in [2.45, 2.75) is 25.8 Å². The summed E-state index contributed by atoms with van der Waals surface area (Å²) in [6.07, 6.45) is 3.99. The van der Waals surface area contributed by atoms with Gasteiger partial charge in [-0.3, -0.25) is 14.6 Å². The summed E-state index contributed by atoms with van der Waals surface area (Å²) in [5.74, 6) is 0.0712. The highest BCUT2D eigenvalue weighted by Crippen LogP contribution is 2.17. The third kappa shape index (κ3) is 5.81. The van der Waals surface area contributed by atoms with E-state index in [9.17, 15) is 4.79 Å². The molecule has 29 heavy (non-hydrogen) atoms. The Labute approximate surface area is 174 Å². The maximum atomic E-state index is 12.5. The number of carbonyl (C=O) groups excluding carboxylic acids is 1. The Hall–Kier alpha value is -2.37. The van der Waals surface area contributed by atoms with Gasteiger partial charge in [-0.1, -0.05) is 36.8 Å². The zero-order valence-corrected chi connectivity index (χ0v) is 17.2. The van der Waals surface area contributed by atoms with Crippen LogP contribution in [0.2, 0.25) is 0 Å². The van der Waals surface area contributed by atoms with E-state index < -0.39 is 0 Å². The van der Waals surface area contributed by atoms with Crippen LogP contribution in [0.4, 0.5) is 11.4 Å². The summed E-state index contributed by atoms with van der Waals surface area (Å²) in [7, 11) is 0. The number of rotatable bonds is 6. The summed E-state index contributed by atoms with van der Waals surface area (Å²) in [6.45, 7) is 7.63. The SMILES string of the molecule is O=C(CN1CCN(c2ccccc2)CC1)Nc1ccc(CN2CCCCC2)cc1. The van der Waals surface area contributed by atoms with Crippen LogP contribution in [-0.2, 0) is 11.3 Å². The summed E-state index contributed by atoms with van der Waals surface area (Å²) >= 11 is 0. The monoisotopic (exact) mass is 392 g/mol. The van der Waals surface area contributed by atoms with Crippen molar-refractivity contribution in [3.05, 3.63) is 60.2 Å². The molecule has 0 aliphatic carbocycles. The van der Waals surface area contributed by atoms with Crippen LogP contribution in [0, 0.1) is 0 Å². The van der Waals surface area contributed by atoms with E-state index in [0.717, 1.165) is 38.4 Å². The number of anilines is 2. The number of carbonyl (C=O) groups is 1. The molecule has 2 aromatic rings. The molecule has 5 heteroatoms. The van der Waals surface area contributed by atoms with Crippen molar-refractivity contribution in [3.63, 3.8) is 0 Å². The Morgan fingerprint density at radius 3 is 2.14 bits per heavy atom. The fourth-order valence-corrected chi connectivity index (χ4v) is 4.28. The number of piperidine rings is 1. The van der Waals surface area contributed by atoms with Crippen LogP contribution in [-0.4, -0.2) is 61.5 Å². The zero-order chi connectivity index (χ0) is 19.9. The highest BCUT2D eigenvalue weighted by Gasteiger charge is 2.19. The second kappa shape index (κ2) is 9.90. The minimum absolute atomic E-state index is 0.0712. The first kappa shape index (κ1) is 19.9. The molecule has 2 fully saturated rings. The molecule has 5 nitrogen and oxygen atoms in total. The van der Waals surface area contributed by atoms with Gasteiger partial charge in [-0.2, -0.15) is 0 Å². The highest BCUT2D eigenvalue weighted by molar-refractivity contribution is 5.92. The molecule has 2 aromatic carbocycles. The van der Waals surface area contributed by atoms with Gasteiger partial charge < -0.3 is 10.2 Å². The lowest BCUT2D eigenvalue weighted by molar-refractivity contribution is -0.117. The Morgan fingerprint density at radius 2 is 1.45 bits per heavy atom. The molecule has 0 atom stereocenters. The molecule has 2 aliphatic heterocycles. The van der Waals surface area contributed by atoms with Crippen molar-refractivity contribution in [1.29, 1.82) is 0 Å². The third-order valence-electron chi connectivity index (χ3n) is 5.95. The van der Waals surface area contributed by atoms with Crippen LogP contribution in [0.25, 0.3) is 0 Å². The number of hydrogen-bond donors (Lipinski definition) is 1. The van der Waals surface area contributed by atoms with Crippen molar-refractivity contribution in [3.8, 4) is 0 Å². The van der Waals surface area contributed by atoms with E-state index in [2.05, 4.69) is 56.4 Å². The van der Waals surface area contributed by atoms with Gasteiger partial charge in [-0.05, 0) is 55.8 Å². The number of amides is 1. The van der Waals surface area contributed by atoms with Crippen LogP contribution in [0.3, 0.4) is 0 Å². The molecule has 0 radical (unpaired) electrons. The lowest BCUT2D eigenvalue weighted by Crippen LogP contribution is -2.48. The summed E-state index contributed by atoms with van der Waals surface area (Å²) in [5, 5.41) is 3.06. The molecule has 2 aliphatic rings. The number of hydrogen-bond acceptors (Lipinski definition) is 4. The maximum Gasteiger partial charge on any atom is 0.238 e. The average molecular weight is 393 g/mol. The van der Waals surface area contributed by atoms with Crippen molar-refractivity contribution in [1.82, 2.24) is 9.80 Å². The molecular formula is C24H32N4O. The molecule has 0 unspecified atom stereocenters. The fraction of sp³-hybridized carbons (Fsp3) is 0.458. The van der Waals surface area contributed by atoms with E-state index in [1.165, 1.54) is 43.6 Å². The van der Waals surface area contributed by atoms with Crippen molar-refractivity contribution < 1.29 is 4.79 Å². The number of piperazine rings is 1. The third-order valence-corrected chi connectivity index (χ3v) is 5.95. The topological polar surface area (TPSA) is 38.8 Å². The van der Waals surface area contributed by atoms with Gasteiger partial charge in [0.2, 0.25) is 5.91 Å². The second-order valence-electron chi connectivity index (χ2n) is 8.18. The number of para-hydroxylation sites is 1. The Morgan fingerprint density at radius 1 is 0.759 bits per heavy atom. The van der Waals surface area contributed by atoms with Gasteiger partial charge in [0.15, 0.2) is 0 Å². The molecule has 1 N–H and O–H groups in total. The van der Waals surface area contributed by atoms with E-state index in [4.69, 9.17) is 0 Å². The molecular weight excluding hydrogens is 360 g/mol. The van der Waals surface area contributed by atoms with Crippen molar-refractivity contribution >= 4 is 17.3 Å². The lowest BCUT2D eigenvalue weighted by atomic mass is 10.1. The van der Waals surface area contributed by atoms with Gasteiger partial charge >= 0.3 is 0 Å².